The topological polar surface area (TPSA) is 93.2 Å². The third-order valence-corrected chi connectivity index (χ3v) is 4.24. The van der Waals surface area contributed by atoms with Crippen molar-refractivity contribution in [2.75, 3.05) is 11.9 Å². The van der Waals surface area contributed by atoms with Crippen molar-refractivity contribution >= 4 is 11.5 Å². The minimum Gasteiger partial charge on any atom is -0.396 e. The fourth-order valence-corrected chi connectivity index (χ4v) is 3.06. The number of anilines is 1. The summed E-state index contributed by atoms with van der Waals surface area (Å²) < 4.78 is 1.55. The van der Waals surface area contributed by atoms with E-state index >= 15 is 0 Å². The second kappa shape index (κ2) is 6.43. The highest BCUT2D eigenvalue weighted by Crippen LogP contribution is 2.35. The molecule has 1 aromatic rings. The Balaban J connectivity index is 2.32. The van der Waals surface area contributed by atoms with E-state index in [4.69, 9.17) is 0 Å². The average Bonchev–Trinajstić information content (AvgIpc) is 2.77. The highest BCUT2D eigenvalue weighted by atomic mass is 16.6. The summed E-state index contributed by atoms with van der Waals surface area (Å²) in [6.45, 7) is 3.91. The van der Waals surface area contributed by atoms with Crippen LogP contribution >= 0.6 is 0 Å². The molecule has 0 bridgehead atoms. The van der Waals surface area contributed by atoms with E-state index in [-0.39, 0.29) is 35.1 Å². The van der Waals surface area contributed by atoms with Gasteiger partial charge in [-0.15, -0.1) is 0 Å². The number of hydrogen-bond donors (Lipinski definition) is 2. The van der Waals surface area contributed by atoms with Gasteiger partial charge in [0.05, 0.1) is 4.92 Å². The number of aliphatic hydroxyl groups is 1. The molecule has 2 unspecified atom stereocenters. The van der Waals surface area contributed by atoms with Gasteiger partial charge in [-0.3, -0.25) is 10.1 Å². The van der Waals surface area contributed by atoms with Crippen LogP contribution in [-0.2, 0) is 7.05 Å². The van der Waals surface area contributed by atoms with Gasteiger partial charge >= 0.3 is 5.69 Å². The molecule has 0 saturated heterocycles. The van der Waals surface area contributed by atoms with Crippen LogP contribution in [0.4, 0.5) is 11.5 Å². The molecule has 1 aliphatic rings. The van der Waals surface area contributed by atoms with Crippen LogP contribution in [0.25, 0.3) is 0 Å². The standard InChI is InChI=1S/C14H24N4O3/c1-9(2)12-13(18(20)21)14(17(3)16-12)15-11-7-5-4-6-10(11)8-19/h9-11,15,19H,4-8H2,1-3H3. The predicted octanol–water partition coefficient (Wildman–Crippen LogP) is 2.41. The maximum atomic E-state index is 11.4. The van der Waals surface area contributed by atoms with Crippen molar-refractivity contribution in [1.82, 2.24) is 9.78 Å². The van der Waals surface area contributed by atoms with Crippen LogP contribution in [0.15, 0.2) is 0 Å². The van der Waals surface area contributed by atoms with Crippen molar-refractivity contribution < 1.29 is 10.0 Å². The minimum absolute atomic E-state index is 0.00727. The lowest BCUT2D eigenvalue weighted by atomic mass is 9.85. The molecule has 1 aromatic heterocycles. The number of nitro groups is 1. The number of aromatic nitrogens is 2. The number of aliphatic hydroxyl groups excluding tert-OH is 1. The molecule has 1 saturated carbocycles. The molecule has 7 nitrogen and oxygen atoms in total. The van der Waals surface area contributed by atoms with Crippen LogP contribution in [0.1, 0.15) is 51.1 Å². The minimum atomic E-state index is -0.360. The van der Waals surface area contributed by atoms with Gasteiger partial charge in [-0.2, -0.15) is 5.10 Å². The van der Waals surface area contributed by atoms with Gasteiger partial charge in [0.2, 0.25) is 5.82 Å². The second-order valence-electron chi connectivity index (χ2n) is 6.10. The zero-order valence-electron chi connectivity index (χ0n) is 12.9. The summed E-state index contributed by atoms with van der Waals surface area (Å²) in [7, 11) is 1.72. The van der Waals surface area contributed by atoms with Crippen molar-refractivity contribution in [2.24, 2.45) is 13.0 Å². The third-order valence-electron chi connectivity index (χ3n) is 4.24. The first-order valence-corrected chi connectivity index (χ1v) is 7.54. The Hall–Kier alpha value is -1.63. The Kier molecular flexibility index (Phi) is 4.82. The number of hydrogen-bond acceptors (Lipinski definition) is 5. The van der Waals surface area contributed by atoms with Gasteiger partial charge in [0.1, 0.15) is 5.69 Å². The van der Waals surface area contributed by atoms with Crippen molar-refractivity contribution in [3.8, 4) is 0 Å². The predicted molar refractivity (Wildman–Crippen MR) is 80.4 cm³/mol. The van der Waals surface area contributed by atoms with E-state index in [1.807, 2.05) is 13.8 Å². The molecule has 0 aliphatic heterocycles. The average molecular weight is 296 g/mol. The first-order chi connectivity index (χ1) is 9.95. The summed E-state index contributed by atoms with van der Waals surface area (Å²) in [6, 6.07) is 0.0675. The summed E-state index contributed by atoms with van der Waals surface area (Å²) >= 11 is 0. The molecule has 1 fully saturated rings. The lowest BCUT2D eigenvalue weighted by molar-refractivity contribution is -0.384. The molecular formula is C14H24N4O3. The van der Waals surface area contributed by atoms with E-state index < -0.39 is 0 Å². The Labute approximate surface area is 124 Å². The van der Waals surface area contributed by atoms with E-state index in [0.29, 0.717) is 11.5 Å². The molecule has 1 aliphatic carbocycles. The summed E-state index contributed by atoms with van der Waals surface area (Å²) in [4.78, 5) is 11.1. The Morgan fingerprint density at radius 1 is 1.48 bits per heavy atom. The number of rotatable bonds is 5. The maximum absolute atomic E-state index is 11.4. The monoisotopic (exact) mass is 296 g/mol. The molecule has 2 rings (SSSR count). The first kappa shape index (κ1) is 15.8. The summed E-state index contributed by atoms with van der Waals surface area (Å²) in [5.74, 6) is 0.594. The molecule has 118 valence electrons. The van der Waals surface area contributed by atoms with Gasteiger partial charge in [0.25, 0.3) is 0 Å². The largest absolute Gasteiger partial charge is 0.396 e. The van der Waals surface area contributed by atoms with Crippen LogP contribution in [0.2, 0.25) is 0 Å². The molecule has 0 amide bonds. The number of aryl methyl sites for hydroxylation is 1. The maximum Gasteiger partial charge on any atom is 0.334 e. The molecule has 7 heteroatoms. The van der Waals surface area contributed by atoms with E-state index in [9.17, 15) is 15.2 Å². The smallest absolute Gasteiger partial charge is 0.334 e. The Morgan fingerprint density at radius 2 is 2.14 bits per heavy atom. The van der Waals surface area contributed by atoms with E-state index in [2.05, 4.69) is 10.4 Å². The summed E-state index contributed by atoms with van der Waals surface area (Å²) in [6.07, 6.45) is 4.06. The van der Waals surface area contributed by atoms with Crippen LogP contribution in [0, 0.1) is 16.0 Å². The van der Waals surface area contributed by atoms with E-state index in [0.717, 1.165) is 25.7 Å². The molecule has 0 spiro atoms. The van der Waals surface area contributed by atoms with Gasteiger partial charge < -0.3 is 10.4 Å². The Bertz CT molecular complexity index is 513. The summed E-state index contributed by atoms with van der Waals surface area (Å²) in [5, 5.41) is 28.5. The fourth-order valence-electron chi connectivity index (χ4n) is 3.06. The van der Waals surface area contributed by atoms with Crippen molar-refractivity contribution in [3.63, 3.8) is 0 Å². The molecule has 1 heterocycles. The van der Waals surface area contributed by atoms with Gasteiger partial charge in [-0.25, -0.2) is 4.68 Å². The normalized spacial score (nSPS) is 22.5. The highest BCUT2D eigenvalue weighted by molar-refractivity contribution is 5.61. The van der Waals surface area contributed by atoms with Crippen LogP contribution in [-0.4, -0.2) is 32.5 Å². The first-order valence-electron chi connectivity index (χ1n) is 7.54. The van der Waals surface area contributed by atoms with Gasteiger partial charge in [0, 0.05) is 31.5 Å². The summed E-state index contributed by atoms with van der Waals surface area (Å²) in [5.41, 5.74) is 0.566. The Morgan fingerprint density at radius 3 is 2.71 bits per heavy atom. The van der Waals surface area contributed by atoms with Crippen LogP contribution in [0.3, 0.4) is 0 Å². The van der Waals surface area contributed by atoms with Gasteiger partial charge in [-0.05, 0) is 12.8 Å². The van der Waals surface area contributed by atoms with Crippen molar-refractivity contribution in [1.29, 1.82) is 0 Å². The lowest BCUT2D eigenvalue weighted by Crippen LogP contribution is -2.35. The SMILES string of the molecule is CC(C)c1nn(C)c(NC2CCCCC2CO)c1[N+](=O)[O-]. The van der Waals surface area contributed by atoms with E-state index in [1.165, 1.54) is 0 Å². The lowest BCUT2D eigenvalue weighted by Gasteiger charge is -2.31. The quantitative estimate of drug-likeness (QED) is 0.643. The zero-order chi connectivity index (χ0) is 15.6. The van der Waals surface area contributed by atoms with Gasteiger partial charge in [0.15, 0.2) is 0 Å². The van der Waals surface area contributed by atoms with E-state index in [1.54, 1.807) is 11.7 Å². The molecule has 0 aromatic carbocycles. The molecular weight excluding hydrogens is 272 g/mol. The van der Waals surface area contributed by atoms with Gasteiger partial charge in [-0.1, -0.05) is 26.7 Å². The molecule has 2 N–H and O–H groups in total. The third kappa shape index (κ3) is 3.18. The molecule has 2 atom stereocenters. The van der Waals surface area contributed by atoms with Crippen molar-refractivity contribution in [3.05, 3.63) is 15.8 Å². The van der Waals surface area contributed by atoms with Crippen LogP contribution < -0.4 is 5.32 Å². The van der Waals surface area contributed by atoms with Crippen molar-refractivity contribution in [2.45, 2.75) is 51.5 Å². The highest BCUT2D eigenvalue weighted by Gasteiger charge is 2.32. The zero-order valence-corrected chi connectivity index (χ0v) is 12.9. The number of nitrogens with one attached hydrogen (secondary N) is 1. The van der Waals surface area contributed by atoms with Crippen LogP contribution in [0.5, 0.6) is 0 Å². The molecule has 21 heavy (non-hydrogen) atoms. The number of nitrogens with zero attached hydrogens (tertiary/aromatic N) is 3. The fraction of sp³-hybridized carbons (Fsp3) is 0.786. The molecule has 0 radical (unpaired) electrons. The second-order valence-corrected chi connectivity index (χ2v) is 6.10.